The molecule has 1 aromatic carbocycles. The van der Waals surface area contributed by atoms with E-state index in [1.54, 1.807) is 6.07 Å². The first-order chi connectivity index (χ1) is 5.74. The largest absolute Gasteiger partial charge is 0.492 e. The van der Waals surface area contributed by atoms with Gasteiger partial charge in [-0.15, -0.1) is 0 Å². The fourth-order valence-corrected chi connectivity index (χ4v) is 0.898. The van der Waals surface area contributed by atoms with E-state index in [-0.39, 0.29) is 5.82 Å². The van der Waals surface area contributed by atoms with Crippen molar-refractivity contribution in [3.63, 3.8) is 0 Å². The van der Waals surface area contributed by atoms with Gasteiger partial charge < -0.3 is 10.5 Å². The molecule has 0 bridgehead atoms. The third kappa shape index (κ3) is 2.20. The average Bonchev–Trinajstić information content (AvgIpc) is 2.07. The van der Waals surface area contributed by atoms with Crippen molar-refractivity contribution in [2.24, 2.45) is 5.73 Å². The Morgan fingerprint density at radius 3 is 2.92 bits per heavy atom. The van der Waals surface area contributed by atoms with Crippen molar-refractivity contribution in [1.29, 1.82) is 0 Å². The van der Waals surface area contributed by atoms with Crippen LogP contribution in [0.5, 0.6) is 5.75 Å². The molecule has 0 saturated heterocycles. The second-order valence-corrected chi connectivity index (χ2v) is 2.55. The highest BCUT2D eigenvalue weighted by molar-refractivity contribution is 5.32. The SMILES string of the molecule is Cc1ccc(F)cc1OCCN. The molecule has 0 aliphatic heterocycles. The Balaban J connectivity index is 2.75. The van der Waals surface area contributed by atoms with Crippen LogP contribution >= 0.6 is 0 Å². The molecule has 0 atom stereocenters. The van der Waals surface area contributed by atoms with Crippen LogP contribution in [0.1, 0.15) is 5.56 Å². The summed E-state index contributed by atoms with van der Waals surface area (Å²) in [5.41, 5.74) is 6.17. The number of halogens is 1. The van der Waals surface area contributed by atoms with E-state index in [0.717, 1.165) is 5.56 Å². The van der Waals surface area contributed by atoms with E-state index >= 15 is 0 Å². The minimum absolute atomic E-state index is 0.285. The van der Waals surface area contributed by atoms with Crippen molar-refractivity contribution in [3.05, 3.63) is 29.6 Å². The lowest BCUT2D eigenvalue weighted by Crippen LogP contribution is -2.11. The summed E-state index contributed by atoms with van der Waals surface area (Å²) in [6.45, 7) is 2.73. The quantitative estimate of drug-likeness (QED) is 0.743. The third-order valence-corrected chi connectivity index (χ3v) is 1.53. The van der Waals surface area contributed by atoms with E-state index < -0.39 is 0 Å². The first-order valence-electron chi connectivity index (χ1n) is 3.83. The predicted molar refractivity (Wildman–Crippen MR) is 45.7 cm³/mol. The maximum absolute atomic E-state index is 12.7. The molecule has 3 heteroatoms. The number of ether oxygens (including phenoxy) is 1. The zero-order chi connectivity index (χ0) is 8.97. The summed E-state index contributed by atoms with van der Waals surface area (Å²) in [7, 11) is 0. The lowest BCUT2D eigenvalue weighted by Gasteiger charge is -2.06. The highest BCUT2D eigenvalue weighted by Crippen LogP contribution is 2.18. The van der Waals surface area contributed by atoms with E-state index in [1.807, 2.05) is 6.92 Å². The summed E-state index contributed by atoms with van der Waals surface area (Å²) in [6, 6.07) is 4.46. The molecule has 0 aliphatic rings. The van der Waals surface area contributed by atoms with Gasteiger partial charge in [-0.3, -0.25) is 0 Å². The zero-order valence-electron chi connectivity index (χ0n) is 7.01. The van der Waals surface area contributed by atoms with Crippen LogP contribution < -0.4 is 10.5 Å². The molecule has 1 aromatic rings. The fourth-order valence-electron chi connectivity index (χ4n) is 0.898. The summed E-state index contributed by atoms with van der Waals surface area (Å²) >= 11 is 0. The van der Waals surface area contributed by atoms with Crippen LogP contribution in [0.2, 0.25) is 0 Å². The second-order valence-electron chi connectivity index (χ2n) is 2.55. The first-order valence-corrected chi connectivity index (χ1v) is 3.83. The van der Waals surface area contributed by atoms with E-state index in [4.69, 9.17) is 10.5 Å². The van der Waals surface area contributed by atoms with Crippen molar-refractivity contribution in [3.8, 4) is 5.75 Å². The lowest BCUT2D eigenvalue weighted by atomic mass is 10.2. The van der Waals surface area contributed by atoms with Gasteiger partial charge in [-0.05, 0) is 18.6 Å². The fraction of sp³-hybridized carbons (Fsp3) is 0.333. The average molecular weight is 169 g/mol. The van der Waals surface area contributed by atoms with Crippen molar-refractivity contribution in [2.75, 3.05) is 13.2 Å². The number of hydrogen-bond acceptors (Lipinski definition) is 2. The van der Waals surface area contributed by atoms with Crippen molar-refractivity contribution in [2.45, 2.75) is 6.92 Å². The number of hydrogen-bond donors (Lipinski definition) is 1. The first kappa shape index (κ1) is 9.00. The maximum Gasteiger partial charge on any atom is 0.126 e. The van der Waals surface area contributed by atoms with Gasteiger partial charge >= 0.3 is 0 Å². The number of nitrogens with two attached hydrogens (primary N) is 1. The van der Waals surface area contributed by atoms with Gasteiger partial charge in [0.1, 0.15) is 18.2 Å². The highest BCUT2D eigenvalue weighted by atomic mass is 19.1. The topological polar surface area (TPSA) is 35.2 Å². The monoisotopic (exact) mass is 169 g/mol. The lowest BCUT2D eigenvalue weighted by molar-refractivity contribution is 0.324. The standard InChI is InChI=1S/C9H12FNO/c1-7-2-3-8(10)6-9(7)12-5-4-11/h2-3,6H,4-5,11H2,1H3. The van der Waals surface area contributed by atoms with Gasteiger partial charge in [-0.2, -0.15) is 0 Å². The molecule has 2 N–H and O–H groups in total. The summed E-state index contributed by atoms with van der Waals surface area (Å²) in [5.74, 6) is 0.285. The van der Waals surface area contributed by atoms with E-state index in [0.29, 0.717) is 18.9 Å². The van der Waals surface area contributed by atoms with Gasteiger partial charge in [-0.1, -0.05) is 6.07 Å². The van der Waals surface area contributed by atoms with E-state index in [9.17, 15) is 4.39 Å². The molecule has 0 heterocycles. The maximum atomic E-state index is 12.7. The Morgan fingerprint density at radius 1 is 1.50 bits per heavy atom. The predicted octanol–water partition coefficient (Wildman–Crippen LogP) is 1.47. The van der Waals surface area contributed by atoms with Crippen molar-refractivity contribution < 1.29 is 9.13 Å². The summed E-state index contributed by atoms with van der Waals surface area (Å²) in [6.07, 6.45) is 0. The molecule has 1 rings (SSSR count). The molecule has 0 aliphatic carbocycles. The molecule has 0 fully saturated rings. The van der Waals surface area contributed by atoms with Gasteiger partial charge in [-0.25, -0.2) is 4.39 Å². The Kier molecular flexibility index (Phi) is 3.05. The number of aryl methyl sites for hydroxylation is 1. The normalized spacial score (nSPS) is 9.92. The third-order valence-electron chi connectivity index (χ3n) is 1.53. The Bertz CT molecular complexity index is 263. The number of benzene rings is 1. The highest BCUT2D eigenvalue weighted by Gasteiger charge is 1.99. The minimum Gasteiger partial charge on any atom is -0.492 e. The molecule has 0 saturated carbocycles. The Hall–Kier alpha value is -1.09. The molecule has 0 spiro atoms. The van der Waals surface area contributed by atoms with Crippen LogP contribution in [0.4, 0.5) is 4.39 Å². The summed E-state index contributed by atoms with van der Waals surface area (Å²) in [4.78, 5) is 0. The van der Waals surface area contributed by atoms with Gasteiger partial charge in [0.25, 0.3) is 0 Å². The van der Waals surface area contributed by atoms with E-state index in [1.165, 1.54) is 12.1 Å². The van der Waals surface area contributed by atoms with Crippen molar-refractivity contribution in [1.82, 2.24) is 0 Å². The van der Waals surface area contributed by atoms with Crippen LogP contribution in [0.3, 0.4) is 0 Å². The van der Waals surface area contributed by atoms with Crippen molar-refractivity contribution >= 4 is 0 Å². The van der Waals surface area contributed by atoms with Crippen LogP contribution in [-0.2, 0) is 0 Å². The van der Waals surface area contributed by atoms with Gasteiger partial charge in [0.15, 0.2) is 0 Å². The number of rotatable bonds is 3. The van der Waals surface area contributed by atoms with Crippen LogP contribution in [0.15, 0.2) is 18.2 Å². The van der Waals surface area contributed by atoms with Gasteiger partial charge in [0.05, 0.1) is 0 Å². The van der Waals surface area contributed by atoms with E-state index in [2.05, 4.69) is 0 Å². The summed E-state index contributed by atoms with van der Waals surface area (Å²) < 4.78 is 17.9. The molecule has 0 unspecified atom stereocenters. The molecule has 0 aromatic heterocycles. The molecule has 2 nitrogen and oxygen atoms in total. The second kappa shape index (κ2) is 4.07. The minimum atomic E-state index is -0.285. The Morgan fingerprint density at radius 2 is 2.25 bits per heavy atom. The molecular formula is C9H12FNO. The zero-order valence-corrected chi connectivity index (χ0v) is 7.01. The van der Waals surface area contributed by atoms with Crippen LogP contribution in [0.25, 0.3) is 0 Å². The van der Waals surface area contributed by atoms with Gasteiger partial charge in [0, 0.05) is 12.6 Å². The molecular weight excluding hydrogens is 157 g/mol. The molecule has 0 radical (unpaired) electrons. The van der Waals surface area contributed by atoms with Crippen LogP contribution in [0, 0.1) is 12.7 Å². The summed E-state index contributed by atoms with van der Waals surface area (Å²) in [5, 5.41) is 0. The molecule has 12 heavy (non-hydrogen) atoms. The van der Waals surface area contributed by atoms with Crippen LogP contribution in [-0.4, -0.2) is 13.2 Å². The molecule has 0 amide bonds. The Labute approximate surface area is 71.1 Å². The smallest absolute Gasteiger partial charge is 0.126 e. The molecule has 66 valence electrons. The van der Waals surface area contributed by atoms with Gasteiger partial charge in [0.2, 0.25) is 0 Å².